The summed E-state index contributed by atoms with van der Waals surface area (Å²) in [6.07, 6.45) is 3.28. The number of amides is 1. The van der Waals surface area contributed by atoms with Gasteiger partial charge in [-0.1, -0.05) is 41.9 Å². The Morgan fingerprint density at radius 2 is 2.00 bits per heavy atom. The van der Waals surface area contributed by atoms with Gasteiger partial charge in [0.15, 0.2) is 0 Å². The zero-order valence-corrected chi connectivity index (χ0v) is 14.8. The number of imidazole rings is 1. The Labute approximate surface area is 156 Å². The van der Waals surface area contributed by atoms with Crippen LogP contribution in [0.5, 0.6) is 0 Å². The Balaban J connectivity index is 1.58. The molecule has 1 aromatic heterocycles. The lowest BCUT2D eigenvalue weighted by molar-refractivity contribution is -0.0228. The molecular weight excluding hydrogens is 350 g/mol. The maximum absolute atomic E-state index is 13.2. The molecular formula is C20H18ClN3O2. The molecule has 0 unspecified atom stereocenters. The first-order valence-corrected chi connectivity index (χ1v) is 8.85. The summed E-state index contributed by atoms with van der Waals surface area (Å²) in [6, 6.07) is 15.1. The van der Waals surface area contributed by atoms with Crippen LogP contribution in [0, 0.1) is 0 Å². The fourth-order valence-electron chi connectivity index (χ4n) is 3.17. The van der Waals surface area contributed by atoms with Crippen molar-refractivity contribution in [2.75, 3.05) is 19.7 Å². The predicted molar refractivity (Wildman–Crippen MR) is 100 cm³/mol. The molecule has 132 valence electrons. The lowest BCUT2D eigenvalue weighted by Crippen LogP contribution is -2.42. The van der Waals surface area contributed by atoms with Gasteiger partial charge in [-0.25, -0.2) is 4.98 Å². The summed E-state index contributed by atoms with van der Waals surface area (Å²) < 4.78 is 5.87. The first-order valence-electron chi connectivity index (χ1n) is 8.47. The maximum Gasteiger partial charge on any atom is 0.254 e. The molecule has 0 aliphatic carbocycles. The minimum Gasteiger partial charge on any atom is -0.370 e. The zero-order chi connectivity index (χ0) is 17.9. The number of aromatic nitrogens is 2. The quantitative estimate of drug-likeness (QED) is 0.762. The van der Waals surface area contributed by atoms with Crippen LogP contribution in [-0.2, 0) is 4.74 Å². The molecule has 1 aliphatic heterocycles. The summed E-state index contributed by atoms with van der Waals surface area (Å²) in [7, 11) is 0. The Kier molecular flexibility index (Phi) is 4.73. The first-order chi connectivity index (χ1) is 12.7. The number of nitrogens with one attached hydrogen (secondary N) is 1. The number of aromatic amines is 1. The Hall–Kier alpha value is -2.63. The third-order valence-electron chi connectivity index (χ3n) is 4.51. The van der Waals surface area contributed by atoms with E-state index in [2.05, 4.69) is 9.97 Å². The minimum absolute atomic E-state index is 0.0146. The van der Waals surface area contributed by atoms with Crippen LogP contribution in [0.2, 0.25) is 5.02 Å². The van der Waals surface area contributed by atoms with E-state index >= 15 is 0 Å². The number of carbonyl (C=O) groups excluding carboxylic acids is 1. The normalized spacial score (nSPS) is 17.3. The maximum atomic E-state index is 13.2. The van der Waals surface area contributed by atoms with E-state index in [0.29, 0.717) is 36.1 Å². The molecule has 5 nitrogen and oxygen atoms in total. The van der Waals surface area contributed by atoms with Gasteiger partial charge in [-0.15, -0.1) is 0 Å². The molecule has 4 rings (SSSR count). The molecule has 1 aliphatic rings. The van der Waals surface area contributed by atoms with Gasteiger partial charge in [0.05, 0.1) is 18.7 Å². The van der Waals surface area contributed by atoms with Gasteiger partial charge in [0, 0.05) is 29.5 Å². The predicted octanol–water partition coefficient (Wildman–Crippen LogP) is 3.94. The summed E-state index contributed by atoms with van der Waals surface area (Å²) in [5.74, 6) is 0.677. The second-order valence-electron chi connectivity index (χ2n) is 6.15. The molecule has 6 heteroatoms. The summed E-state index contributed by atoms with van der Waals surface area (Å²) in [6.45, 7) is 1.57. The van der Waals surface area contributed by atoms with Crippen molar-refractivity contribution < 1.29 is 9.53 Å². The number of hydrogen-bond donors (Lipinski definition) is 1. The number of morpholine rings is 1. The third kappa shape index (κ3) is 3.36. The van der Waals surface area contributed by atoms with E-state index in [1.54, 1.807) is 12.4 Å². The molecule has 0 saturated carbocycles. The molecule has 1 N–H and O–H groups in total. The SMILES string of the molecule is O=C(c1ccccc1-c1ncc[nH]1)N1CCO[C@@H](c2ccc(Cl)cc2)C1. The van der Waals surface area contributed by atoms with Crippen LogP contribution in [0.15, 0.2) is 60.9 Å². The number of hydrogen-bond acceptors (Lipinski definition) is 3. The number of halogens is 1. The molecule has 2 heterocycles. The number of nitrogens with zero attached hydrogens (tertiary/aromatic N) is 2. The van der Waals surface area contributed by atoms with Gasteiger partial charge in [-0.3, -0.25) is 4.79 Å². The Morgan fingerprint density at radius 3 is 2.77 bits per heavy atom. The van der Waals surface area contributed by atoms with E-state index in [1.807, 2.05) is 53.4 Å². The van der Waals surface area contributed by atoms with Gasteiger partial charge >= 0.3 is 0 Å². The van der Waals surface area contributed by atoms with Crippen molar-refractivity contribution in [3.05, 3.63) is 77.1 Å². The minimum atomic E-state index is -0.152. The lowest BCUT2D eigenvalue weighted by Gasteiger charge is -2.33. The smallest absolute Gasteiger partial charge is 0.254 e. The number of ether oxygens (including phenoxy) is 1. The molecule has 1 fully saturated rings. The average Bonchev–Trinajstić information content (AvgIpc) is 3.23. The van der Waals surface area contributed by atoms with E-state index in [9.17, 15) is 4.79 Å². The molecule has 2 aromatic carbocycles. The molecule has 1 amide bonds. The Morgan fingerprint density at radius 1 is 1.19 bits per heavy atom. The number of carbonyl (C=O) groups is 1. The van der Waals surface area contributed by atoms with Crippen LogP contribution in [0.1, 0.15) is 22.0 Å². The van der Waals surface area contributed by atoms with Gasteiger partial charge in [-0.2, -0.15) is 0 Å². The van der Waals surface area contributed by atoms with Gasteiger partial charge in [-0.05, 0) is 23.8 Å². The summed E-state index contributed by atoms with van der Waals surface area (Å²) in [5, 5.41) is 0.685. The van der Waals surface area contributed by atoms with Crippen LogP contribution in [0.4, 0.5) is 0 Å². The molecule has 0 spiro atoms. The van der Waals surface area contributed by atoms with Crippen molar-refractivity contribution in [3.63, 3.8) is 0 Å². The van der Waals surface area contributed by atoms with Gasteiger partial charge < -0.3 is 14.6 Å². The highest BCUT2D eigenvalue weighted by molar-refractivity contribution is 6.30. The van der Waals surface area contributed by atoms with E-state index in [-0.39, 0.29) is 12.0 Å². The van der Waals surface area contributed by atoms with Crippen molar-refractivity contribution >= 4 is 17.5 Å². The Bertz CT molecular complexity index is 894. The number of rotatable bonds is 3. The summed E-state index contributed by atoms with van der Waals surface area (Å²) in [5.41, 5.74) is 2.46. The van der Waals surface area contributed by atoms with Gasteiger partial charge in [0.25, 0.3) is 5.91 Å². The third-order valence-corrected chi connectivity index (χ3v) is 4.76. The van der Waals surface area contributed by atoms with E-state index in [4.69, 9.17) is 16.3 Å². The van der Waals surface area contributed by atoms with Crippen LogP contribution in [0.3, 0.4) is 0 Å². The van der Waals surface area contributed by atoms with Crippen molar-refractivity contribution in [2.24, 2.45) is 0 Å². The molecule has 1 atom stereocenters. The fraction of sp³-hybridized carbons (Fsp3) is 0.200. The zero-order valence-electron chi connectivity index (χ0n) is 14.1. The van der Waals surface area contributed by atoms with Crippen molar-refractivity contribution in [3.8, 4) is 11.4 Å². The molecule has 3 aromatic rings. The summed E-state index contributed by atoms with van der Waals surface area (Å²) in [4.78, 5) is 22.3. The second-order valence-corrected chi connectivity index (χ2v) is 6.58. The standard InChI is InChI=1S/C20H18ClN3O2/c21-15-7-5-14(6-8-15)18-13-24(11-12-26-18)20(25)17-4-2-1-3-16(17)19-22-9-10-23-19/h1-10,18H,11-13H2,(H,22,23)/t18-/m1/s1. The highest BCUT2D eigenvalue weighted by atomic mass is 35.5. The topological polar surface area (TPSA) is 58.2 Å². The van der Waals surface area contributed by atoms with E-state index < -0.39 is 0 Å². The van der Waals surface area contributed by atoms with Crippen molar-refractivity contribution in [1.82, 2.24) is 14.9 Å². The second kappa shape index (κ2) is 7.32. The van der Waals surface area contributed by atoms with Gasteiger partial charge in [0.1, 0.15) is 11.9 Å². The monoisotopic (exact) mass is 367 g/mol. The molecule has 26 heavy (non-hydrogen) atoms. The van der Waals surface area contributed by atoms with Crippen LogP contribution in [0.25, 0.3) is 11.4 Å². The van der Waals surface area contributed by atoms with Crippen LogP contribution >= 0.6 is 11.6 Å². The highest BCUT2D eigenvalue weighted by Gasteiger charge is 2.27. The molecule has 0 radical (unpaired) electrons. The highest BCUT2D eigenvalue weighted by Crippen LogP contribution is 2.27. The van der Waals surface area contributed by atoms with Crippen LogP contribution in [-0.4, -0.2) is 40.5 Å². The lowest BCUT2D eigenvalue weighted by atomic mass is 10.0. The largest absolute Gasteiger partial charge is 0.370 e. The van der Waals surface area contributed by atoms with Crippen LogP contribution < -0.4 is 0 Å². The van der Waals surface area contributed by atoms with Crippen molar-refractivity contribution in [1.29, 1.82) is 0 Å². The number of H-pyrrole nitrogens is 1. The van der Waals surface area contributed by atoms with E-state index in [0.717, 1.165) is 11.1 Å². The first kappa shape index (κ1) is 16.8. The van der Waals surface area contributed by atoms with E-state index in [1.165, 1.54) is 0 Å². The molecule has 0 bridgehead atoms. The summed E-state index contributed by atoms with van der Waals surface area (Å²) >= 11 is 5.96. The molecule has 1 saturated heterocycles. The average molecular weight is 368 g/mol. The number of benzene rings is 2. The fourth-order valence-corrected chi connectivity index (χ4v) is 3.30. The van der Waals surface area contributed by atoms with Crippen molar-refractivity contribution in [2.45, 2.75) is 6.10 Å². The van der Waals surface area contributed by atoms with Gasteiger partial charge in [0.2, 0.25) is 0 Å².